The van der Waals surface area contributed by atoms with Crippen molar-refractivity contribution in [3.05, 3.63) is 42.4 Å². The molecule has 2 aromatic heterocycles. The number of anilines is 3. The number of halogens is 1. The highest BCUT2D eigenvalue weighted by Crippen LogP contribution is 2.34. The number of methoxy groups -OCH3 is 1. The van der Waals surface area contributed by atoms with E-state index in [4.69, 9.17) is 10.00 Å². The van der Waals surface area contributed by atoms with Crippen LogP contribution in [0.4, 0.5) is 17.3 Å². The molecule has 180 valence electrons. The third-order valence-corrected chi connectivity index (χ3v) is 6.20. The number of rotatable bonds is 8. The van der Waals surface area contributed by atoms with Gasteiger partial charge in [0, 0.05) is 37.0 Å². The van der Waals surface area contributed by atoms with Crippen molar-refractivity contribution in [3.8, 4) is 23.1 Å². The maximum Gasteiger partial charge on any atom is 0.158 e. The fourth-order valence-electron chi connectivity index (χ4n) is 4.22. The van der Waals surface area contributed by atoms with Gasteiger partial charge in [0.05, 0.1) is 25.2 Å². The summed E-state index contributed by atoms with van der Waals surface area (Å²) in [5, 5.41) is 19.3. The number of ether oxygens (including phenoxy) is 1. The zero-order chi connectivity index (χ0) is 23.2. The van der Waals surface area contributed by atoms with E-state index in [1.807, 2.05) is 12.1 Å². The molecule has 3 aromatic rings. The highest BCUT2D eigenvalue weighted by molar-refractivity contribution is 5.85. The number of hydrogen-bond donors (Lipinski definition) is 2. The van der Waals surface area contributed by atoms with Gasteiger partial charge < -0.3 is 19.9 Å². The zero-order valence-corrected chi connectivity index (χ0v) is 20.6. The van der Waals surface area contributed by atoms with Gasteiger partial charge in [0.15, 0.2) is 11.5 Å². The van der Waals surface area contributed by atoms with E-state index >= 15 is 0 Å². The molecular formula is C24H31ClN8O. The van der Waals surface area contributed by atoms with Gasteiger partial charge in [0.2, 0.25) is 0 Å². The fourth-order valence-corrected chi connectivity index (χ4v) is 4.22. The first kappa shape index (κ1) is 25.3. The molecule has 4 rings (SSSR count). The summed E-state index contributed by atoms with van der Waals surface area (Å²) in [5.74, 6) is 2.62. The second-order valence-electron chi connectivity index (χ2n) is 8.33. The number of H-pyrrole nitrogens is 1. The second-order valence-corrected chi connectivity index (χ2v) is 8.33. The van der Waals surface area contributed by atoms with Crippen LogP contribution in [-0.2, 0) is 0 Å². The molecule has 10 heteroatoms. The Morgan fingerprint density at radius 3 is 2.65 bits per heavy atom. The minimum absolute atomic E-state index is 0. The highest BCUT2D eigenvalue weighted by atomic mass is 35.5. The summed E-state index contributed by atoms with van der Waals surface area (Å²) in [6, 6.07) is 10.1. The Morgan fingerprint density at radius 1 is 1.21 bits per heavy atom. The molecule has 0 saturated carbocycles. The number of hydrogen-bond acceptors (Lipinski definition) is 8. The van der Waals surface area contributed by atoms with Crippen LogP contribution < -0.4 is 15.0 Å². The van der Waals surface area contributed by atoms with E-state index < -0.39 is 0 Å². The molecule has 0 atom stereocenters. The number of nitriles is 1. The quantitative estimate of drug-likeness (QED) is 0.494. The number of nitrogens with zero attached hydrogens (tertiary/aromatic N) is 6. The summed E-state index contributed by atoms with van der Waals surface area (Å²) in [6.07, 6.45) is 5.42. The Labute approximate surface area is 206 Å². The first-order valence-corrected chi connectivity index (χ1v) is 11.3. The molecule has 0 aliphatic carbocycles. The average molecular weight is 483 g/mol. The third-order valence-electron chi connectivity index (χ3n) is 6.20. The lowest BCUT2D eigenvalue weighted by Gasteiger charge is -2.34. The van der Waals surface area contributed by atoms with Crippen LogP contribution in [-0.4, -0.2) is 65.4 Å². The Bertz CT molecular complexity index is 1100. The van der Waals surface area contributed by atoms with Crippen molar-refractivity contribution >= 4 is 29.7 Å². The Morgan fingerprint density at radius 2 is 2.00 bits per heavy atom. The lowest BCUT2D eigenvalue weighted by Crippen LogP contribution is -2.37. The molecule has 0 amide bonds. The Kier molecular flexibility index (Phi) is 8.68. The number of nitrogens with one attached hydrogen (secondary N) is 2. The lowest BCUT2D eigenvalue weighted by molar-refractivity contribution is 0.195. The summed E-state index contributed by atoms with van der Waals surface area (Å²) in [5.41, 5.74) is 3.16. The van der Waals surface area contributed by atoms with Crippen molar-refractivity contribution in [2.75, 3.05) is 50.6 Å². The molecule has 9 nitrogen and oxygen atoms in total. The lowest BCUT2D eigenvalue weighted by atomic mass is 9.96. The number of benzene rings is 1. The van der Waals surface area contributed by atoms with Crippen molar-refractivity contribution in [3.63, 3.8) is 0 Å². The van der Waals surface area contributed by atoms with Crippen LogP contribution in [0, 0.1) is 17.2 Å². The molecule has 1 aromatic carbocycles. The van der Waals surface area contributed by atoms with E-state index in [1.165, 1.54) is 38.3 Å². The summed E-state index contributed by atoms with van der Waals surface area (Å²) in [6.45, 7) is 6.82. The number of piperidine rings is 1. The van der Waals surface area contributed by atoms with Gasteiger partial charge in [0.25, 0.3) is 0 Å². The summed E-state index contributed by atoms with van der Waals surface area (Å²) in [4.78, 5) is 13.0. The molecule has 0 radical (unpaired) electrons. The van der Waals surface area contributed by atoms with E-state index in [0.29, 0.717) is 11.6 Å². The fraction of sp³-hybridized carbons (Fsp3) is 0.417. The van der Waals surface area contributed by atoms with Crippen LogP contribution >= 0.6 is 12.4 Å². The molecule has 34 heavy (non-hydrogen) atoms. The van der Waals surface area contributed by atoms with Gasteiger partial charge in [-0.2, -0.15) is 10.4 Å². The second kappa shape index (κ2) is 11.7. The molecule has 0 spiro atoms. The van der Waals surface area contributed by atoms with Gasteiger partial charge in [-0.25, -0.2) is 9.97 Å². The largest absolute Gasteiger partial charge is 0.496 e. The maximum absolute atomic E-state index is 8.84. The minimum atomic E-state index is 0. The van der Waals surface area contributed by atoms with Crippen LogP contribution in [0.1, 0.15) is 25.5 Å². The van der Waals surface area contributed by atoms with Gasteiger partial charge in [-0.05, 0) is 50.5 Å². The Balaban J connectivity index is 0.00000324. The molecule has 1 aliphatic heterocycles. The normalized spacial score (nSPS) is 14.2. The molecule has 1 saturated heterocycles. The van der Waals surface area contributed by atoms with Crippen molar-refractivity contribution in [2.24, 2.45) is 5.92 Å². The third kappa shape index (κ3) is 5.95. The predicted octanol–water partition coefficient (Wildman–Crippen LogP) is 4.08. The maximum atomic E-state index is 8.84. The van der Waals surface area contributed by atoms with Gasteiger partial charge in [-0.3, -0.25) is 5.10 Å². The first-order chi connectivity index (χ1) is 16.1. The minimum Gasteiger partial charge on any atom is -0.496 e. The van der Waals surface area contributed by atoms with Gasteiger partial charge in [-0.15, -0.1) is 12.4 Å². The summed E-state index contributed by atoms with van der Waals surface area (Å²) < 4.78 is 5.71. The van der Waals surface area contributed by atoms with Crippen molar-refractivity contribution in [1.82, 2.24) is 25.1 Å². The number of likely N-dealkylation sites (tertiary alicyclic amines) is 1. The van der Waals surface area contributed by atoms with Gasteiger partial charge in [0.1, 0.15) is 17.6 Å². The average Bonchev–Trinajstić information content (AvgIpc) is 3.32. The molecule has 0 unspecified atom stereocenters. The van der Waals surface area contributed by atoms with E-state index in [1.54, 1.807) is 7.11 Å². The summed E-state index contributed by atoms with van der Waals surface area (Å²) in [7, 11) is 3.84. The molecular weight excluding hydrogens is 452 g/mol. The molecule has 1 fully saturated rings. The topological polar surface area (TPSA) is 106 Å². The van der Waals surface area contributed by atoms with Crippen molar-refractivity contribution in [1.29, 1.82) is 5.26 Å². The monoisotopic (exact) mass is 482 g/mol. The van der Waals surface area contributed by atoms with Crippen LogP contribution in [0.5, 0.6) is 5.75 Å². The molecule has 3 heterocycles. The number of aromatic amines is 1. The molecule has 1 aliphatic rings. The van der Waals surface area contributed by atoms with Crippen LogP contribution in [0.15, 0.2) is 36.7 Å². The smallest absolute Gasteiger partial charge is 0.158 e. The van der Waals surface area contributed by atoms with Crippen LogP contribution in [0.25, 0.3) is 11.3 Å². The van der Waals surface area contributed by atoms with E-state index in [2.05, 4.69) is 67.5 Å². The van der Waals surface area contributed by atoms with Crippen molar-refractivity contribution in [2.45, 2.75) is 19.8 Å². The van der Waals surface area contributed by atoms with Crippen LogP contribution in [0.3, 0.4) is 0 Å². The van der Waals surface area contributed by atoms with Crippen molar-refractivity contribution < 1.29 is 4.74 Å². The predicted molar refractivity (Wildman–Crippen MR) is 136 cm³/mol. The standard InChI is InChI=1S/C24H30N8O.ClH/c1-4-32-9-7-17(8-10-32)16-31(2)19-5-6-20(22(11-19)33-3)21-12-23(30-29-21)28-24-15-26-18(13-25)14-27-24;/h5-6,11-12,14-15,17H,4,7-10,16H2,1-3H3,(H2,27,28,29,30);1H. The summed E-state index contributed by atoms with van der Waals surface area (Å²) >= 11 is 0. The van der Waals surface area contributed by atoms with Gasteiger partial charge in [-0.1, -0.05) is 6.92 Å². The highest BCUT2D eigenvalue weighted by Gasteiger charge is 2.20. The zero-order valence-electron chi connectivity index (χ0n) is 19.8. The van der Waals surface area contributed by atoms with E-state index in [0.717, 1.165) is 41.7 Å². The SMILES string of the molecule is CCN1CCC(CN(C)c2ccc(-c3cc(Nc4cnc(C#N)cn4)n[nH]3)c(OC)c2)CC1.Cl. The first-order valence-electron chi connectivity index (χ1n) is 11.3. The number of aromatic nitrogens is 4. The van der Waals surface area contributed by atoms with E-state index in [9.17, 15) is 0 Å². The van der Waals surface area contributed by atoms with E-state index in [-0.39, 0.29) is 18.1 Å². The van der Waals surface area contributed by atoms with Crippen LogP contribution in [0.2, 0.25) is 0 Å². The van der Waals surface area contributed by atoms with Gasteiger partial charge >= 0.3 is 0 Å². The molecule has 2 N–H and O–H groups in total. The Hall–Kier alpha value is -3.35. The molecule has 0 bridgehead atoms.